The predicted octanol–water partition coefficient (Wildman–Crippen LogP) is 3.53. The minimum absolute atomic E-state index is 0.0177. The zero-order valence-corrected chi connectivity index (χ0v) is 14.6. The minimum Gasteiger partial charge on any atom is -0.353 e. The smallest absolute Gasteiger partial charge is 0.222 e. The summed E-state index contributed by atoms with van der Waals surface area (Å²) in [5.41, 5.74) is 0.674. The highest BCUT2D eigenvalue weighted by molar-refractivity contribution is 6.30. The molecule has 0 spiro atoms. The highest BCUT2D eigenvalue weighted by atomic mass is 35.5. The van der Waals surface area contributed by atoms with E-state index in [2.05, 4.69) is 24.5 Å². The Morgan fingerprint density at radius 2 is 1.96 bits per heavy atom. The van der Waals surface area contributed by atoms with E-state index < -0.39 is 0 Å². The molecule has 1 unspecified atom stereocenters. The van der Waals surface area contributed by atoms with Crippen molar-refractivity contribution in [3.05, 3.63) is 34.9 Å². The van der Waals surface area contributed by atoms with Crippen molar-refractivity contribution < 1.29 is 9.59 Å². The molecular weight excluding hydrogens is 312 g/mol. The molecule has 0 aliphatic carbocycles. The SMILES string of the molecule is CCC(CC)(NC(=O)CC1CCCC(=O)N1)c1ccc(Cl)cc1. The van der Waals surface area contributed by atoms with Crippen LogP contribution < -0.4 is 10.6 Å². The average molecular weight is 337 g/mol. The lowest BCUT2D eigenvalue weighted by molar-refractivity contribution is -0.126. The molecule has 0 aromatic heterocycles. The Morgan fingerprint density at radius 3 is 2.52 bits per heavy atom. The molecule has 1 fully saturated rings. The Hall–Kier alpha value is -1.55. The maximum absolute atomic E-state index is 12.5. The van der Waals surface area contributed by atoms with E-state index in [1.165, 1.54) is 0 Å². The van der Waals surface area contributed by atoms with Crippen LogP contribution >= 0.6 is 11.6 Å². The second-order valence-electron chi connectivity index (χ2n) is 6.21. The topological polar surface area (TPSA) is 58.2 Å². The van der Waals surface area contributed by atoms with E-state index in [1.54, 1.807) is 0 Å². The maximum Gasteiger partial charge on any atom is 0.222 e. The number of benzene rings is 1. The normalized spacial score (nSPS) is 18.4. The molecule has 2 rings (SSSR count). The lowest BCUT2D eigenvalue weighted by atomic mass is 9.84. The Labute approximate surface area is 143 Å². The van der Waals surface area contributed by atoms with Gasteiger partial charge in [-0.15, -0.1) is 0 Å². The molecule has 2 amide bonds. The van der Waals surface area contributed by atoms with E-state index in [1.807, 2.05) is 24.3 Å². The van der Waals surface area contributed by atoms with E-state index in [4.69, 9.17) is 11.6 Å². The third kappa shape index (κ3) is 4.47. The summed E-state index contributed by atoms with van der Waals surface area (Å²) < 4.78 is 0. The summed E-state index contributed by atoms with van der Waals surface area (Å²) in [6, 6.07) is 7.60. The molecular formula is C18H25ClN2O2. The van der Waals surface area contributed by atoms with Crippen LogP contribution in [0.25, 0.3) is 0 Å². The molecule has 0 saturated carbocycles. The summed E-state index contributed by atoms with van der Waals surface area (Å²) >= 11 is 5.97. The molecule has 1 aromatic carbocycles. The minimum atomic E-state index is -0.389. The van der Waals surface area contributed by atoms with Gasteiger partial charge in [-0.2, -0.15) is 0 Å². The van der Waals surface area contributed by atoms with Gasteiger partial charge >= 0.3 is 0 Å². The number of amides is 2. The van der Waals surface area contributed by atoms with Crippen molar-refractivity contribution in [2.75, 3.05) is 0 Å². The summed E-state index contributed by atoms with van der Waals surface area (Å²) in [6.45, 7) is 4.14. The molecule has 1 aromatic rings. The number of nitrogens with one attached hydrogen (secondary N) is 2. The van der Waals surface area contributed by atoms with Gasteiger partial charge in [0.1, 0.15) is 0 Å². The Kier molecular flexibility index (Phi) is 6.05. The first-order chi connectivity index (χ1) is 11.0. The van der Waals surface area contributed by atoms with E-state index in [-0.39, 0.29) is 23.4 Å². The first kappa shape index (κ1) is 17.8. The van der Waals surface area contributed by atoms with Gasteiger partial charge in [0.05, 0.1) is 5.54 Å². The molecule has 0 radical (unpaired) electrons. The number of hydrogen-bond acceptors (Lipinski definition) is 2. The van der Waals surface area contributed by atoms with Crippen molar-refractivity contribution in [1.82, 2.24) is 10.6 Å². The molecule has 126 valence electrons. The van der Waals surface area contributed by atoms with Crippen molar-refractivity contribution in [3.63, 3.8) is 0 Å². The maximum atomic E-state index is 12.5. The summed E-state index contributed by atoms with van der Waals surface area (Å²) in [6.07, 6.45) is 4.22. The van der Waals surface area contributed by atoms with Crippen molar-refractivity contribution in [3.8, 4) is 0 Å². The second kappa shape index (κ2) is 7.82. The van der Waals surface area contributed by atoms with Crippen LogP contribution in [0.2, 0.25) is 5.02 Å². The molecule has 1 aliphatic rings. The fourth-order valence-corrected chi connectivity index (χ4v) is 3.38. The number of piperidine rings is 1. The van der Waals surface area contributed by atoms with Gasteiger partial charge in [-0.3, -0.25) is 9.59 Å². The van der Waals surface area contributed by atoms with Crippen LogP contribution in [0.4, 0.5) is 0 Å². The molecule has 1 atom stereocenters. The monoisotopic (exact) mass is 336 g/mol. The van der Waals surface area contributed by atoms with Gasteiger partial charge in [0.2, 0.25) is 11.8 Å². The van der Waals surface area contributed by atoms with Crippen LogP contribution in [0.3, 0.4) is 0 Å². The highest BCUT2D eigenvalue weighted by Crippen LogP contribution is 2.30. The van der Waals surface area contributed by atoms with Crippen LogP contribution in [-0.2, 0) is 15.1 Å². The molecule has 2 N–H and O–H groups in total. The lowest BCUT2D eigenvalue weighted by Gasteiger charge is -2.34. The lowest BCUT2D eigenvalue weighted by Crippen LogP contribution is -2.48. The van der Waals surface area contributed by atoms with E-state index in [0.717, 1.165) is 31.2 Å². The second-order valence-corrected chi connectivity index (χ2v) is 6.64. The Bertz CT molecular complexity index is 553. The zero-order chi connectivity index (χ0) is 16.9. The van der Waals surface area contributed by atoms with Gasteiger partial charge < -0.3 is 10.6 Å². The van der Waals surface area contributed by atoms with Gasteiger partial charge in [0, 0.05) is 23.9 Å². The summed E-state index contributed by atoms with van der Waals surface area (Å²) in [5.74, 6) is 0.0276. The highest BCUT2D eigenvalue weighted by Gasteiger charge is 2.31. The molecule has 1 saturated heterocycles. The quantitative estimate of drug-likeness (QED) is 0.835. The number of carbonyl (C=O) groups is 2. The van der Waals surface area contributed by atoms with Gasteiger partial charge in [0.15, 0.2) is 0 Å². The third-order valence-electron chi connectivity index (χ3n) is 4.74. The number of carbonyl (C=O) groups excluding carboxylic acids is 2. The standard InChI is InChI=1S/C18H25ClN2O2/c1-3-18(4-2,13-8-10-14(19)11-9-13)21-17(23)12-15-6-5-7-16(22)20-15/h8-11,15H,3-7,12H2,1-2H3,(H,20,22)(H,21,23). The third-order valence-corrected chi connectivity index (χ3v) is 4.99. The van der Waals surface area contributed by atoms with Crippen LogP contribution in [0.1, 0.15) is 57.9 Å². The number of halogens is 1. The van der Waals surface area contributed by atoms with E-state index in [0.29, 0.717) is 17.9 Å². The van der Waals surface area contributed by atoms with Crippen LogP contribution in [0.5, 0.6) is 0 Å². The number of hydrogen-bond donors (Lipinski definition) is 2. The molecule has 5 heteroatoms. The van der Waals surface area contributed by atoms with Gasteiger partial charge in [-0.25, -0.2) is 0 Å². The fourth-order valence-electron chi connectivity index (χ4n) is 3.25. The zero-order valence-electron chi connectivity index (χ0n) is 13.8. The van der Waals surface area contributed by atoms with Crippen molar-refractivity contribution in [2.24, 2.45) is 0 Å². The number of rotatable bonds is 6. The Morgan fingerprint density at radius 1 is 1.30 bits per heavy atom. The predicted molar refractivity (Wildman–Crippen MR) is 92.3 cm³/mol. The largest absolute Gasteiger partial charge is 0.353 e. The van der Waals surface area contributed by atoms with Gasteiger partial charge in [0.25, 0.3) is 0 Å². The first-order valence-electron chi connectivity index (χ1n) is 8.35. The molecule has 0 bridgehead atoms. The summed E-state index contributed by atoms with van der Waals surface area (Å²) in [5, 5.41) is 6.78. The summed E-state index contributed by atoms with van der Waals surface area (Å²) in [4.78, 5) is 24.0. The molecule has 23 heavy (non-hydrogen) atoms. The van der Waals surface area contributed by atoms with Crippen LogP contribution in [0, 0.1) is 0 Å². The molecule has 1 aliphatic heterocycles. The van der Waals surface area contributed by atoms with Crippen molar-refractivity contribution in [2.45, 2.75) is 64.0 Å². The van der Waals surface area contributed by atoms with E-state index in [9.17, 15) is 9.59 Å². The van der Waals surface area contributed by atoms with E-state index >= 15 is 0 Å². The molecule has 4 nitrogen and oxygen atoms in total. The Balaban J connectivity index is 2.07. The average Bonchev–Trinajstić information content (AvgIpc) is 2.53. The summed E-state index contributed by atoms with van der Waals surface area (Å²) in [7, 11) is 0. The van der Waals surface area contributed by atoms with Crippen LogP contribution in [0.15, 0.2) is 24.3 Å². The van der Waals surface area contributed by atoms with Crippen molar-refractivity contribution in [1.29, 1.82) is 0 Å². The first-order valence-corrected chi connectivity index (χ1v) is 8.73. The van der Waals surface area contributed by atoms with Gasteiger partial charge in [-0.05, 0) is 43.4 Å². The molecule has 1 heterocycles. The van der Waals surface area contributed by atoms with Crippen LogP contribution in [-0.4, -0.2) is 17.9 Å². The fraction of sp³-hybridized carbons (Fsp3) is 0.556. The van der Waals surface area contributed by atoms with Crippen molar-refractivity contribution >= 4 is 23.4 Å². The van der Waals surface area contributed by atoms with Gasteiger partial charge in [-0.1, -0.05) is 37.6 Å².